The van der Waals surface area contributed by atoms with Crippen LogP contribution < -0.4 is 4.90 Å². The minimum Gasteiger partial charge on any atom is -0.336 e. The Kier molecular flexibility index (Phi) is 4.94. The number of aryl methyl sites for hydroxylation is 1. The van der Waals surface area contributed by atoms with Gasteiger partial charge in [0.05, 0.1) is 17.8 Å². The maximum absolute atomic E-state index is 13.1. The summed E-state index contributed by atoms with van der Waals surface area (Å²) >= 11 is 0. The van der Waals surface area contributed by atoms with E-state index in [1.54, 1.807) is 17.1 Å². The second-order valence-electron chi connectivity index (χ2n) is 7.21. The fourth-order valence-electron chi connectivity index (χ4n) is 4.01. The van der Waals surface area contributed by atoms with Crippen molar-refractivity contribution in [2.75, 3.05) is 37.6 Å². The zero-order valence-electron chi connectivity index (χ0n) is 15.6. The number of carbonyl (C=O) groups is 2. The molecule has 1 aromatic heterocycles. The monoisotopic (exact) mass is 367 g/mol. The Morgan fingerprint density at radius 3 is 2.48 bits per heavy atom. The Labute approximate surface area is 159 Å². The van der Waals surface area contributed by atoms with E-state index >= 15 is 0 Å². The highest BCUT2D eigenvalue weighted by Gasteiger charge is 2.36. The van der Waals surface area contributed by atoms with E-state index in [0.29, 0.717) is 18.7 Å². The highest BCUT2D eigenvalue weighted by atomic mass is 16.2. The number of aromatic nitrogens is 2. The third-order valence-corrected chi connectivity index (χ3v) is 5.47. The Hall–Kier alpha value is -2.67. The van der Waals surface area contributed by atoms with E-state index < -0.39 is 0 Å². The number of para-hydroxylation sites is 1. The molecule has 7 nitrogen and oxygen atoms in total. The largest absolute Gasteiger partial charge is 0.336 e. The lowest BCUT2D eigenvalue weighted by Gasteiger charge is -2.42. The smallest absolute Gasteiger partial charge is 0.257 e. The lowest BCUT2D eigenvalue weighted by molar-refractivity contribution is -0.126. The average molecular weight is 367 g/mol. The summed E-state index contributed by atoms with van der Waals surface area (Å²) in [7, 11) is 1.81. The standard InChI is InChI=1S/C20H25N5O2/c1-22-15-16(14-21-22)19(26)24-12-10-23(11-13-24)18-8-5-9-25(20(18)27)17-6-3-2-4-7-17/h2-4,6-7,14-15,18H,5,8-13H2,1H3/t18-/m1/s1. The fraction of sp³-hybridized carbons (Fsp3) is 0.450. The van der Waals surface area contributed by atoms with Crippen molar-refractivity contribution in [2.24, 2.45) is 7.05 Å². The molecule has 0 N–H and O–H groups in total. The van der Waals surface area contributed by atoms with Gasteiger partial charge in [0.1, 0.15) is 0 Å². The van der Waals surface area contributed by atoms with Gasteiger partial charge in [-0.2, -0.15) is 5.10 Å². The summed E-state index contributed by atoms with van der Waals surface area (Å²) in [6.45, 7) is 3.51. The molecule has 0 bridgehead atoms. The molecule has 2 aromatic rings. The molecule has 0 radical (unpaired) electrons. The van der Waals surface area contributed by atoms with Gasteiger partial charge < -0.3 is 9.80 Å². The van der Waals surface area contributed by atoms with Gasteiger partial charge in [-0.05, 0) is 25.0 Å². The summed E-state index contributed by atoms with van der Waals surface area (Å²) in [6, 6.07) is 9.79. The normalized spacial score (nSPS) is 21.5. The molecule has 2 amide bonds. The summed E-state index contributed by atoms with van der Waals surface area (Å²) in [5.41, 5.74) is 1.59. The molecule has 2 saturated heterocycles. The van der Waals surface area contributed by atoms with Gasteiger partial charge in [-0.25, -0.2) is 0 Å². The lowest BCUT2D eigenvalue weighted by atomic mass is 10.0. The fourth-order valence-corrected chi connectivity index (χ4v) is 4.01. The molecule has 2 aliphatic rings. The maximum atomic E-state index is 13.1. The average Bonchev–Trinajstić information content (AvgIpc) is 3.15. The zero-order chi connectivity index (χ0) is 18.8. The summed E-state index contributed by atoms with van der Waals surface area (Å²) in [5, 5.41) is 4.08. The molecule has 1 aromatic carbocycles. The molecule has 0 spiro atoms. The second-order valence-corrected chi connectivity index (χ2v) is 7.21. The van der Waals surface area contributed by atoms with Crippen LogP contribution in [0.3, 0.4) is 0 Å². The summed E-state index contributed by atoms with van der Waals surface area (Å²) in [6.07, 6.45) is 5.24. The number of amides is 2. The molecule has 0 aliphatic carbocycles. The Bertz CT molecular complexity index is 811. The Balaban J connectivity index is 1.39. The first kappa shape index (κ1) is 17.7. The molecular weight excluding hydrogens is 342 g/mol. The van der Waals surface area contributed by atoms with E-state index in [1.165, 1.54) is 0 Å². The number of anilines is 1. The number of piperazine rings is 1. The quantitative estimate of drug-likeness (QED) is 0.822. The number of rotatable bonds is 3. The number of carbonyl (C=O) groups excluding carboxylic acids is 2. The maximum Gasteiger partial charge on any atom is 0.257 e. The second kappa shape index (κ2) is 7.52. The molecule has 2 aliphatic heterocycles. The third kappa shape index (κ3) is 3.60. The molecule has 142 valence electrons. The minimum absolute atomic E-state index is 0.0173. The van der Waals surface area contributed by atoms with Crippen LogP contribution in [-0.4, -0.2) is 70.2 Å². The third-order valence-electron chi connectivity index (χ3n) is 5.47. The summed E-state index contributed by atoms with van der Waals surface area (Å²) < 4.78 is 1.64. The van der Waals surface area contributed by atoms with Crippen molar-refractivity contribution >= 4 is 17.5 Å². The molecule has 27 heavy (non-hydrogen) atoms. The predicted octanol–water partition coefficient (Wildman–Crippen LogP) is 1.37. The topological polar surface area (TPSA) is 61.7 Å². The first-order valence-corrected chi connectivity index (χ1v) is 9.52. The highest BCUT2D eigenvalue weighted by Crippen LogP contribution is 2.24. The minimum atomic E-state index is -0.0883. The SMILES string of the molecule is Cn1cc(C(=O)N2CCN([C@@H]3CCCN(c4ccccc4)C3=O)CC2)cn1. The van der Waals surface area contributed by atoms with Gasteiger partial charge >= 0.3 is 0 Å². The van der Waals surface area contributed by atoms with Gasteiger partial charge in [0, 0.05) is 51.7 Å². The van der Waals surface area contributed by atoms with Crippen molar-refractivity contribution < 1.29 is 9.59 Å². The molecule has 0 saturated carbocycles. The van der Waals surface area contributed by atoms with Gasteiger partial charge in [-0.3, -0.25) is 19.2 Å². The van der Waals surface area contributed by atoms with Gasteiger partial charge in [-0.15, -0.1) is 0 Å². The van der Waals surface area contributed by atoms with E-state index in [4.69, 9.17) is 0 Å². The van der Waals surface area contributed by atoms with Crippen LogP contribution in [-0.2, 0) is 11.8 Å². The number of nitrogens with zero attached hydrogens (tertiary/aromatic N) is 5. The molecular formula is C20H25N5O2. The summed E-state index contributed by atoms with van der Waals surface area (Å²) in [5.74, 6) is 0.197. The number of benzene rings is 1. The van der Waals surface area contributed by atoms with Crippen LogP contribution in [0.5, 0.6) is 0 Å². The van der Waals surface area contributed by atoms with Crippen molar-refractivity contribution in [3.63, 3.8) is 0 Å². The molecule has 3 heterocycles. The van der Waals surface area contributed by atoms with Crippen LogP contribution in [0, 0.1) is 0 Å². The van der Waals surface area contributed by atoms with E-state index in [0.717, 1.165) is 38.2 Å². The molecule has 1 atom stereocenters. The van der Waals surface area contributed by atoms with Crippen molar-refractivity contribution in [2.45, 2.75) is 18.9 Å². The Morgan fingerprint density at radius 1 is 1.07 bits per heavy atom. The predicted molar refractivity (Wildman–Crippen MR) is 103 cm³/mol. The molecule has 7 heteroatoms. The molecule has 4 rings (SSSR count). The van der Waals surface area contributed by atoms with Crippen LogP contribution in [0.2, 0.25) is 0 Å². The van der Waals surface area contributed by atoms with Crippen LogP contribution in [0.15, 0.2) is 42.7 Å². The van der Waals surface area contributed by atoms with Crippen molar-refractivity contribution in [1.29, 1.82) is 0 Å². The Morgan fingerprint density at radius 2 is 1.81 bits per heavy atom. The van der Waals surface area contributed by atoms with Crippen molar-refractivity contribution in [1.82, 2.24) is 19.6 Å². The van der Waals surface area contributed by atoms with Crippen LogP contribution in [0.25, 0.3) is 0 Å². The van der Waals surface area contributed by atoms with Crippen LogP contribution in [0.4, 0.5) is 5.69 Å². The van der Waals surface area contributed by atoms with Crippen molar-refractivity contribution in [3.05, 3.63) is 48.3 Å². The first-order chi connectivity index (χ1) is 13.1. The number of hydrogen-bond acceptors (Lipinski definition) is 4. The number of hydrogen-bond donors (Lipinski definition) is 0. The van der Waals surface area contributed by atoms with Crippen LogP contribution in [0.1, 0.15) is 23.2 Å². The van der Waals surface area contributed by atoms with Crippen molar-refractivity contribution in [3.8, 4) is 0 Å². The van der Waals surface area contributed by atoms with Gasteiger partial charge in [0.15, 0.2) is 0 Å². The first-order valence-electron chi connectivity index (χ1n) is 9.52. The molecule has 2 fully saturated rings. The van der Waals surface area contributed by atoms with Gasteiger partial charge in [0.2, 0.25) is 5.91 Å². The highest BCUT2D eigenvalue weighted by molar-refractivity contribution is 5.98. The zero-order valence-corrected chi connectivity index (χ0v) is 15.6. The van der Waals surface area contributed by atoms with E-state index in [2.05, 4.69) is 10.00 Å². The van der Waals surface area contributed by atoms with Gasteiger partial charge in [0.25, 0.3) is 5.91 Å². The van der Waals surface area contributed by atoms with Gasteiger partial charge in [-0.1, -0.05) is 18.2 Å². The summed E-state index contributed by atoms with van der Waals surface area (Å²) in [4.78, 5) is 31.6. The molecule has 0 unspecified atom stereocenters. The van der Waals surface area contributed by atoms with E-state index in [-0.39, 0.29) is 17.9 Å². The number of piperidine rings is 1. The lowest BCUT2D eigenvalue weighted by Crippen LogP contribution is -2.58. The van der Waals surface area contributed by atoms with Crippen LogP contribution >= 0.6 is 0 Å². The van der Waals surface area contributed by atoms with E-state index in [1.807, 2.05) is 47.2 Å². The van der Waals surface area contributed by atoms with E-state index in [9.17, 15) is 9.59 Å².